The van der Waals surface area contributed by atoms with Crippen LogP contribution in [0.1, 0.15) is 59.3 Å². The molecule has 2 amide bonds. The highest BCUT2D eigenvalue weighted by Crippen LogP contribution is 2.25. The molecule has 1 unspecified atom stereocenters. The number of hydrazone groups is 1. The summed E-state index contributed by atoms with van der Waals surface area (Å²) in [7, 11) is 1.89. The van der Waals surface area contributed by atoms with Crippen molar-refractivity contribution in [3.8, 4) is 0 Å². The summed E-state index contributed by atoms with van der Waals surface area (Å²) in [4.78, 5) is 39.6. The van der Waals surface area contributed by atoms with Crippen molar-refractivity contribution in [2.24, 2.45) is 16.4 Å². The molecule has 0 spiro atoms. The van der Waals surface area contributed by atoms with Crippen molar-refractivity contribution in [2.75, 3.05) is 19.3 Å². The molecule has 0 aromatic rings. The first-order valence-electron chi connectivity index (χ1n) is 9.73. The third-order valence-electron chi connectivity index (χ3n) is 4.89. The van der Waals surface area contributed by atoms with Crippen LogP contribution in [0.4, 0.5) is 0 Å². The third-order valence-corrected chi connectivity index (χ3v) is 5.93. The predicted octanol–water partition coefficient (Wildman–Crippen LogP) is 2.12. The number of nitrogens with zero attached hydrogens (tertiary/aromatic N) is 2. The lowest BCUT2D eigenvalue weighted by Gasteiger charge is -2.28. The largest absolute Gasteiger partial charge is 0.352 e. The van der Waals surface area contributed by atoms with Gasteiger partial charge in [0.05, 0.1) is 6.04 Å². The summed E-state index contributed by atoms with van der Waals surface area (Å²) in [6.45, 7) is 6.82. The fourth-order valence-electron chi connectivity index (χ4n) is 3.39. The lowest BCUT2D eigenvalue weighted by molar-refractivity contribution is -0.141. The minimum absolute atomic E-state index is 0.0548. The second-order valence-electron chi connectivity index (χ2n) is 8.63. The van der Waals surface area contributed by atoms with Gasteiger partial charge in [0.15, 0.2) is 5.17 Å². The monoisotopic (exact) mass is 396 g/mol. The number of hydrogen-bond acceptors (Lipinski definition) is 5. The van der Waals surface area contributed by atoms with Gasteiger partial charge < -0.3 is 10.2 Å². The normalized spacial score (nSPS) is 21.2. The van der Waals surface area contributed by atoms with Gasteiger partial charge in [-0.3, -0.25) is 14.4 Å². The first-order chi connectivity index (χ1) is 12.7. The second kappa shape index (κ2) is 9.57. The maximum Gasteiger partial charge on any atom is 0.309 e. The number of Topliss-reactive ketones (excluding diaryl/α,β-unsaturated/α-hetero) is 1. The number of hydrogen-bond donors (Lipinski definition) is 2. The summed E-state index contributed by atoms with van der Waals surface area (Å²) >= 11 is 1.53. The number of carbonyl (C=O) groups is 3. The molecule has 1 atom stereocenters. The van der Waals surface area contributed by atoms with Crippen LogP contribution in [0.15, 0.2) is 5.10 Å². The molecule has 0 radical (unpaired) electrons. The summed E-state index contributed by atoms with van der Waals surface area (Å²) in [5, 5.41) is 7.58. The molecule has 2 fully saturated rings. The minimum Gasteiger partial charge on any atom is -0.352 e. The summed E-state index contributed by atoms with van der Waals surface area (Å²) in [6, 6.07) is -0.825. The van der Waals surface area contributed by atoms with Gasteiger partial charge in [0.1, 0.15) is 0 Å². The molecular formula is C19H32N4O3S. The first kappa shape index (κ1) is 21.7. The Balaban J connectivity index is 2.01. The Labute approximate surface area is 166 Å². The van der Waals surface area contributed by atoms with Gasteiger partial charge in [-0.2, -0.15) is 0 Å². The lowest BCUT2D eigenvalue weighted by atomic mass is 9.85. The standard InChI is InChI=1S/C19H32N4O3S/c1-19(2,3)12-14(20-16(25)13-8-6-5-7-9-13)15(24)17(26)21-22-18-23(4)10-11-27-18/h13-14H,5-12H2,1-4H3,(H,20,25)(H,21,26)/b22-18+. The minimum atomic E-state index is -0.825. The van der Waals surface area contributed by atoms with Crippen LogP contribution in [0.3, 0.4) is 0 Å². The summed E-state index contributed by atoms with van der Waals surface area (Å²) in [5.74, 6) is -0.669. The van der Waals surface area contributed by atoms with Gasteiger partial charge in [-0.05, 0) is 24.7 Å². The average Bonchev–Trinajstić information content (AvgIpc) is 3.03. The number of carbonyl (C=O) groups excluding carboxylic acids is 3. The predicted molar refractivity (Wildman–Crippen MR) is 108 cm³/mol. The van der Waals surface area contributed by atoms with Crippen molar-refractivity contribution < 1.29 is 14.4 Å². The Bertz CT molecular complexity index is 594. The highest BCUT2D eigenvalue weighted by molar-refractivity contribution is 8.14. The van der Waals surface area contributed by atoms with Gasteiger partial charge in [-0.25, -0.2) is 5.43 Å². The molecule has 1 heterocycles. The van der Waals surface area contributed by atoms with E-state index in [1.54, 1.807) is 0 Å². The fourth-order valence-corrected chi connectivity index (χ4v) is 4.35. The van der Waals surface area contributed by atoms with Crippen molar-refractivity contribution in [3.05, 3.63) is 0 Å². The van der Waals surface area contributed by atoms with Crippen molar-refractivity contribution in [2.45, 2.75) is 65.3 Å². The topological polar surface area (TPSA) is 90.9 Å². The Kier molecular flexibility index (Phi) is 7.70. The number of amides is 2. The highest BCUT2D eigenvalue weighted by atomic mass is 32.2. The van der Waals surface area contributed by atoms with E-state index in [0.717, 1.165) is 44.4 Å². The maximum atomic E-state index is 12.7. The molecule has 8 heteroatoms. The molecule has 7 nitrogen and oxygen atoms in total. The second-order valence-corrected chi connectivity index (χ2v) is 9.69. The van der Waals surface area contributed by atoms with E-state index in [2.05, 4.69) is 15.8 Å². The molecule has 2 N–H and O–H groups in total. The SMILES string of the molecule is CN1CCS/C1=N/NC(=O)C(=O)C(CC(C)(C)C)NC(=O)C1CCCCC1. The van der Waals surface area contributed by atoms with Gasteiger partial charge >= 0.3 is 5.91 Å². The molecule has 1 saturated carbocycles. The molecule has 1 saturated heterocycles. The van der Waals surface area contributed by atoms with Gasteiger partial charge in [0, 0.05) is 25.3 Å². The van der Waals surface area contributed by atoms with E-state index in [0.29, 0.717) is 11.6 Å². The molecule has 2 rings (SSSR count). The third kappa shape index (κ3) is 6.83. The molecule has 0 aromatic carbocycles. The lowest BCUT2D eigenvalue weighted by Crippen LogP contribution is -2.50. The molecule has 2 aliphatic rings. The Morgan fingerprint density at radius 3 is 2.44 bits per heavy atom. The summed E-state index contributed by atoms with van der Waals surface area (Å²) < 4.78 is 0. The fraction of sp³-hybridized carbons (Fsp3) is 0.789. The van der Waals surface area contributed by atoms with Crippen LogP contribution >= 0.6 is 11.8 Å². The van der Waals surface area contributed by atoms with Crippen LogP contribution in [-0.4, -0.2) is 53.1 Å². The van der Waals surface area contributed by atoms with Gasteiger partial charge in [0.2, 0.25) is 11.7 Å². The molecule has 1 aliphatic heterocycles. The van der Waals surface area contributed by atoms with Crippen molar-refractivity contribution in [3.63, 3.8) is 0 Å². The Morgan fingerprint density at radius 2 is 1.89 bits per heavy atom. The Morgan fingerprint density at radius 1 is 1.22 bits per heavy atom. The molecule has 152 valence electrons. The van der Waals surface area contributed by atoms with E-state index < -0.39 is 17.7 Å². The number of thioether (sulfide) groups is 1. The summed E-state index contributed by atoms with van der Waals surface area (Å²) in [5.41, 5.74) is 2.16. The van der Waals surface area contributed by atoms with Crippen LogP contribution in [0.5, 0.6) is 0 Å². The van der Waals surface area contributed by atoms with Gasteiger partial charge in [-0.1, -0.05) is 51.8 Å². The van der Waals surface area contributed by atoms with Crippen molar-refractivity contribution in [1.29, 1.82) is 0 Å². The number of amidine groups is 1. The first-order valence-corrected chi connectivity index (χ1v) is 10.7. The van der Waals surface area contributed by atoms with E-state index in [1.165, 1.54) is 11.8 Å². The summed E-state index contributed by atoms with van der Waals surface area (Å²) in [6.07, 6.45) is 5.35. The van der Waals surface area contributed by atoms with E-state index in [9.17, 15) is 14.4 Å². The average molecular weight is 397 g/mol. The number of rotatable bonds is 6. The molecule has 27 heavy (non-hydrogen) atoms. The van der Waals surface area contributed by atoms with E-state index >= 15 is 0 Å². The number of nitrogens with one attached hydrogen (secondary N) is 2. The quantitative estimate of drug-likeness (QED) is 0.530. The van der Waals surface area contributed by atoms with Crippen molar-refractivity contribution >= 4 is 34.5 Å². The van der Waals surface area contributed by atoms with Crippen LogP contribution in [0.2, 0.25) is 0 Å². The maximum absolute atomic E-state index is 12.7. The highest BCUT2D eigenvalue weighted by Gasteiger charge is 2.33. The van der Waals surface area contributed by atoms with Crippen LogP contribution < -0.4 is 10.7 Å². The van der Waals surface area contributed by atoms with Crippen LogP contribution in [-0.2, 0) is 14.4 Å². The van der Waals surface area contributed by atoms with Crippen LogP contribution in [0, 0.1) is 11.3 Å². The molecule has 1 aliphatic carbocycles. The zero-order valence-electron chi connectivity index (χ0n) is 16.8. The van der Waals surface area contributed by atoms with Gasteiger partial charge in [-0.15, -0.1) is 5.10 Å². The Hall–Kier alpha value is -1.57. The van der Waals surface area contributed by atoms with E-state index in [4.69, 9.17) is 0 Å². The van der Waals surface area contributed by atoms with Crippen LogP contribution in [0.25, 0.3) is 0 Å². The molecule has 0 aromatic heterocycles. The smallest absolute Gasteiger partial charge is 0.309 e. The zero-order chi connectivity index (χ0) is 20.0. The van der Waals surface area contributed by atoms with E-state index in [1.807, 2.05) is 32.7 Å². The van der Waals surface area contributed by atoms with Gasteiger partial charge in [0.25, 0.3) is 0 Å². The van der Waals surface area contributed by atoms with Crippen molar-refractivity contribution in [1.82, 2.24) is 15.6 Å². The molecular weight excluding hydrogens is 364 g/mol. The number of ketones is 1. The van der Waals surface area contributed by atoms with E-state index in [-0.39, 0.29) is 17.2 Å². The molecule has 0 bridgehead atoms. The zero-order valence-corrected chi connectivity index (χ0v) is 17.7.